The molecule has 1 amide bonds. The summed E-state index contributed by atoms with van der Waals surface area (Å²) in [6.07, 6.45) is 3.25. The summed E-state index contributed by atoms with van der Waals surface area (Å²) in [6, 6.07) is 12.7. The molecule has 1 heterocycles. The molecule has 0 fully saturated rings. The van der Waals surface area contributed by atoms with Crippen LogP contribution in [0.3, 0.4) is 0 Å². The van der Waals surface area contributed by atoms with Crippen molar-refractivity contribution < 1.29 is 14.3 Å². The van der Waals surface area contributed by atoms with Gasteiger partial charge in [0.05, 0.1) is 13.2 Å². The fourth-order valence-electron chi connectivity index (χ4n) is 3.66. The molecule has 0 unspecified atom stereocenters. The molecule has 0 N–H and O–H groups in total. The molecule has 0 spiro atoms. The van der Waals surface area contributed by atoms with Crippen LogP contribution in [0.25, 0.3) is 0 Å². The van der Waals surface area contributed by atoms with E-state index in [-0.39, 0.29) is 5.91 Å². The highest BCUT2D eigenvalue weighted by atomic mass is 16.5. The second-order valence-corrected chi connectivity index (χ2v) is 7.17. The van der Waals surface area contributed by atoms with Crippen LogP contribution in [0.5, 0.6) is 11.5 Å². The third-order valence-corrected chi connectivity index (χ3v) is 5.29. The van der Waals surface area contributed by atoms with Crippen LogP contribution in [0.2, 0.25) is 0 Å². The van der Waals surface area contributed by atoms with Crippen molar-refractivity contribution in [1.82, 2.24) is 4.90 Å². The summed E-state index contributed by atoms with van der Waals surface area (Å²) >= 11 is 0. The Labute approximate surface area is 168 Å². The molecule has 0 aliphatic carbocycles. The molecule has 0 saturated heterocycles. The van der Waals surface area contributed by atoms with Crippen LogP contribution in [0, 0.1) is 0 Å². The maximum Gasteiger partial charge on any atom is 0.223 e. The Morgan fingerprint density at radius 2 is 1.54 bits per heavy atom. The van der Waals surface area contributed by atoms with Gasteiger partial charge in [-0.3, -0.25) is 4.79 Å². The van der Waals surface area contributed by atoms with Crippen LogP contribution < -0.4 is 9.47 Å². The van der Waals surface area contributed by atoms with Gasteiger partial charge in [-0.15, -0.1) is 0 Å². The summed E-state index contributed by atoms with van der Waals surface area (Å²) in [6.45, 7) is 8.72. The van der Waals surface area contributed by atoms with E-state index in [1.165, 1.54) is 22.3 Å². The maximum atomic E-state index is 12.8. The summed E-state index contributed by atoms with van der Waals surface area (Å²) in [5.41, 5.74) is 4.98. The molecule has 3 rings (SSSR count). The molecule has 0 atom stereocenters. The minimum absolute atomic E-state index is 0.220. The van der Waals surface area contributed by atoms with Crippen LogP contribution in [0.1, 0.15) is 49.4 Å². The van der Waals surface area contributed by atoms with Crippen molar-refractivity contribution in [1.29, 1.82) is 0 Å². The Bertz CT molecular complexity index is 798. The first kappa shape index (κ1) is 20.2. The number of aryl methyl sites for hydroxylation is 2. The molecule has 2 aromatic carbocycles. The molecule has 4 nitrogen and oxygen atoms in total. The minimum Gasteiger partial charge on any atom is -0.490 e. The molecule has 28 heavy (non-hydrogen) atoms. The minimum atomic E-state index is 0.220. The lowest BCUT2D eigenvalue weighted by atomic mass is 9.98. The monoisotopic (exact) mass is 381 g/mol. The highest BCUT2D eigenvalue weighted by Gasteiger charge is 2.22. The van der Waals surface area contributed by atoms with Gasteiger partial charge in [-0.2, -0.15) is 0 Å². The van der Waals surface area contributed by atoms with E-state index in [1.807, 2.05) is 24.8 Å². The van der Waals surface area contributed by atoms with Gasteiger partial charge in [0.1, 0.15) is 0 Å². The number of hydrogen-bond acceptors (Lipinski definition) is 3. The quantitative estimate of drug-likeness (QED) is 0.673. The Balaban J connectivity index is 1.64. The fraction of sp³-hybridized carbons (Fsp3) is 0.458. The number of carbonyl (C=O) groups is 1. The second-order valence-electron chi connectivity index (χ2n) is 7.17. The number of ether oxygens (including phenoxy) is 2. The summed E-state index contributed by atoms with van der Waals surface area (Å²) in [4.78, 5) is 14.7. The number of benzene rings is 2. The largest absolute Gasteiger partial charge is 0.490 e. The molecule has 150 valence electrons. The van der Waals surface area contributed by atoms with Crippen molar-refractivity contribution in [2.24, 2.45) is 0 Å². The molecule has 2 aromatic rings. The first-order valence-corrected chi connectivity index (χ1v) is 10.4. The predicted molar refractivity (Wildman–Crippen MR) is 112 cm³/mol. The molecule has 0 aromatic heterocycles. The van der Waals surface area contributed by atoms with Gasteiger partial charge in [0.25, 0.3) is 0 Å². The normalized spacial score (nSPS) is 13.2. The van der Waals surface area contributed by atoms with E-state index in [0.717, 1.165) is 37.3 Å². The first-order chi connectivity index (χ1) is 13.6. The Hall–Kier alpha value is -2.49. The lowest BCUT2D eigenvalue weighted by Gasteiger charge is -2.30. The van der Waals surface area contributed by atoms with Gasteiger partial charge in [0.15, 0.2) is 11.5 Å². The zero-order valence-electron chi connectivity index (χ0n) is 17.3. The van der Waals surface area contributed by atoms with E-state index in [1.54, 1.807) is 0 Å². The van der Waals surface area contributed by atoms with Crippen molar-refractivity contribution in [3.63, 3.8) is 0 Å². The average Bonchev–Trinajstić information content (AvgIpc) is 2.73. The smallest absolute Gasteiger partial charge is 0.223 e. The standard InChI is InChI=1S/C24H31NO3/c1-4-18-7-9-19(10-8-18)11-12-24(26)25-14-13-20-15-22(27-5-2)23(28-6-3)16-21(20)17-25/h7-10,15-16H,4-6,11-14,17H2,1-3H3. The number of amides is 1. The maximum absolute atomic E-state index is 12.8. The van der Waals surface area contributed by atoms with Crippen molar-refractivity contribution >= 4 is 5.91 Å². The lowest BCUT2D eigenvalue weighted by molar-refractivity contribution is -0.132. The highest BCUT2D eigenvalue weighted by Crippen LogP contribution is 2.34. The third kappa shape index (κ3) is 4.86. The molecule has 4 heteroatoms. The SMILES string of the molecule is CCOc1cc2c(cc1OCC)CN(C(=O)CCc1ccc(CC)cc1)CC2. The van der Waals surface area contributed by atoms with Crippen molar-refractivity contribution in [2.75, 3.05) is 19.8 Å². The predicted octanol–water partition coefficient (Wildman–Crippen LogP) is 4.56. The van der Waals surface area contributed by atoms with Gasteiger partial charge in [0.2, 0.25) is 5.91 Å². The highest BCUT2D eigenvalue weighted by molar-refractivity contribution is 5.77. The van der Waals surface area contributed by atoms with E-state index in [0.29, 0.717) is 26.2 Å². The van der Waals surface area contributed by atoms with Gasteiger partial charge in [-0.25, -0.2) is 0 Å². The summed E-state index contributed by atoms with van der Waals surface area (Å²) in [5.74, 6) is 1.80. The average molecular weight is 382 g/mol. The number of fused-ring (bicyclic) bond motifs is 1. The zero-order chi connectivity index (χ0) is 19.9. The van der Waals surface area contributed by atoms with Gasteiger partial charge in [-0.05, 0) is 67.5 Å². The topological polar surface area (TPSA) is 38.8 Å². The van der Waals surface area contributed by atoms with Crippen LogP contribution in [0.4, 0.5) is 0 Å². The summed E-state index contributed by atoms with van der Waals surface area (Å²) in [5, 5.41) is 0. The zero-order valence-corrected chi connectivity index (χ0v) is 17.3. The first-order valence-electron chi connectivity index (χ1n) is 10.4. The van der Waals surface area contributed by atoms with Gasteiger partial charge >= 0.3 is 0 Å². The van der Waals surface area contributed by atoms with Crippen LogP contribution >= 0.6 is 0 Å². The molecule has 1 aliphatic rings. The second kappa shape index (κ2) is 9.63. The number of nitrogens with zero attached hydrogens (tertiary/aromatic N) is 1. The van der Waals surface area contributed by atoms with E-state index in [4.69, 9.17) is 9.47 Å². The number of hydrogen-bond donors (Lipinski definition) is 0. The van der Waals surface area contributed by atoms with Gasteiger partial charge in [-0.1, -0.05) is 31.2 Å². The summed E-state index contributed by atoms with van der Waals surface area (Å²) in [7, 11) is 0. The summed E-state index contributed by atoms with van der Waals surface area (Å²) < 4.78 is 11.5. The fourth-order valence-corrected chi connectivity index (χ4v) is 3.66. The molecule has 0 bridgehead atoms. The van der Waals surface area contributed by atoms with Crippen LogP contribution in [0.15, 0.2) is 36.4 Å². The van der Waals surface area contributed by atoms with Crippen molar-refractivity contribution in [3.8, 4) is 11.5 Å². The van der Waals surface area contributed by atoms with Crippen molar-refractivity contribution in [3.05, 3.63) is 58.7 Å². The Kier molecular flexibility index (Phi) is 6.96. The molecule has 0 saturated carbocycles. The van der Waals surface area contributed by atoms with Crippen LogP contribution in [-0.2, 0) is 30.6 Å². The van der Waals surface area contributed by atoms with Gasteiger partial charge < -0.3 is 14.4 Å². The number of rotatable bonds is 8. The van der Waals surface area contributed by atoms with E-state index >= 15 is 0 Å². The van der Waals surface area contributed by atoms with Gasteiger partial charge in [0, 0.05) is 19.5 Å². The van der Waals surface area contributed by atoms with E-state index < -0.39 is 0 Å². The lowest BCUT2D eigenvalue weighted by Crippen LogP contribution is -2.36. The molecular formula is C24H31NO3. The molecule has 1 aliphatic heterocycles. The van der Waals surface area contributed by atoms with E-state index in [2.05, 4.69) is 37.3 Å². The molecule has 0 radical (unpaired) electrons. The molecular weight excluding hydrogens is 350 g/mol. The third-order valence-electron chi connectivity index (χ3n) is 5.29. The van der Waals surface area contributed by atoms with Crippen LogP contribution in [-0.4, -0.2) is 30.6 Å². The Morgan fingerprint density at radius 3 is 2.14 bits per heavy atom. The van der Waals surface area contributed by atoms with Crippen molar-refractivity contribution in [2.45, 2.75) is 53.0 Å². The van der Waals surface area contributed by atoms with E-state index in [9.17, 15) is 4.79 Å². The Morgan fingerprint density at radius 1 is 0.929 bits per heavy atom. The number of carbonyl (C=O) groups excluding carboxylic acids is 1.